The Hall–Kier alpha value is -3.19. The Bertz CT molecular complexity index is 1260. The monoisotopic (exact) mass is 396 g/mol. The molecule has 1 aromatic carbocycles. The largest absolute Gasteiger partial charge is 0.480 e. The third-order valence-corrected chi connectivity index (χ3v) is 5.01. The molecule has 0 bridgehead atoms. The van der Waals surface area contributed by atoms with Crippen molar-refractivity contribution in [2.45, 2.75) is 19.9 Å². The molecule has 8 heteroatoms. The minimum atomic E-state index is -1.05. The lowest BCUT2D eigenvalue weighted by Crippen LogP contribution is -2.33. The second-order valence-electron chi connectivity index (χ2n) is 6.91. The third-order valence-electron chi connectivity index (χ3n) is 4.76. The van der Waals surface area contributed by atoms with Gasteiger partial charge in [0.15, 0.2) is 5.65 Å². The van der Waals surface area contributed by atoms with Crippen LogP contribution >= 0.6 is 11.6 Å². The summed E-state index contributed by atoms with van der Waals surface area (Å²) in [5.74, 6) is -1.29. The van der Waals surface area contributed by atoms with E-state index in [2.05, 4.69) is 10.1 Å². The molecule has 0 saturated heterocycles. The molecule has 1 unspecified atom stereocenters. The van der Waals surface area contributed by atoms with Crippen LogP contribution < -0.4 is 5.56 Å². The van der Waals surface area contributed by atoms with Gasteiger partial charge in [-0.3, -0.25) is 4.79 Å². The zero-order chi connectivity index (χ0) is 20.0. The Labute approximate surface area is 164 Å². The standard InChI is InChI=1S/C20H17ClN4O3/c1-11(2)17(20(27)28)24-8-7-16-15(19(24)26)9-22-18-14(10-23-25(16)18)12-3-5-13(21)6-4-12/h3-11,17H,1-2H3,(H,27,28). The number of hydrogen-bond donors (Lipinski definition) is 1. The van der Waals surface area contributed by atoms with Gasteiger partial charge >= 0.3 is 5.97 Å². The topological polar surface area (TPSA) is 89.5 Å². The summed E-state index contributed by atoms with van der Waals surface area (Å²) in [6.45, 7) is 3.53. The van der Waals surface area contributed by atoms with E-state index in [-0.39, 0.29) is 5.92 Å². The summed E-state index contributed by atoms with van der Waals surface area (Å²) in [5, 5.41) is 14.8. The van der Waals surface area contributed by atoms with Crippen molar-refractivity contribution in [2.75, 3.05) is 0 Å². The van der Waals surface area contributed by atoms with Crippen LogP contribution in [0.1, 0.15) is 19.9 Å². The third kappa shape index (κ3) is 2.84. The molecule has 0 radical (unpaired) electrons. The first-order chi connectivity index (χ1) is 13.4. The quantitative estimate of drug-likeness (QED) is 0.568. The van der Waals surface area contributed by atoms with Crippen molar-refractivity contribution >= 4 is 34.1 Å². The van der Waals surface area contributed by atoms with Gasteiger partial charge in [0, 0.05) is 23.0 Å². The van der Waals surface area contributed by atoms with Gasteiger partial charge in [0.05, 0.1) is 17.1 Å². The summed E-state index contributed by atoms with van der Waals surface area (Å²) < 4.78 is 2.84. The number of fused-ring (bicyclic) bond motifs is 3. The molecule has 0 aliphatic rings. The molecular formula is C20H17ClN4O3. The maximum absolute atomic E-state index is 12.9. The summed E-state index contributed by atoms with van der Waals surface area (Å²) >= 11 is 5.96. The second kappa shape index (κ2) is 6.76. The SMILES string of the molecule is CC(C)C(C(=O)O)n1ccc2c(cnc3c(-c4ccc(Cl)cc4)cnn32)c1=O. The molecule has 1 atom stereocenters. The fourth-order valence-corrected chi connectivity index (χ4v) is 3.53. The molecule has 0 fully saturated rings. The van der Waals surface area contributed by atoms with Crippen molar-refractivity contribution in [2.24, 2.45) is 5.92 Å². The normalized spacial score (nSPS) is 12.7. The van der Waals surface area contributed by atoms with E-state index in [4.69, 9.17) is 11.6 Å². The van der Waals surface area contributed by atoms with Crippen LogP contribution in [0.2, 0.25) is 5.02 Å². The molecule has 142 valence electrons. The number of nitrogens with zero attached hydrogens (tertiary/aromatic N) is 4. The zero-order valence-corrected chi connectivity index (χ0v) is 16.0. The Morgan fingerprint density at radius 1 is 1.14 bits per heavy atom. The zero-order valence-electron chi connectivity index (χ0n) is 15.2. The maximum Gasteiger partial charge on any atom is 0.327 e. The molecule has 3 heterocycles. The van der Waals surface area contributed by atoms with E-state index in [0.29, 0.717) is 21.6 Å². The summed E-state index contributed by atoms with van der Waals surface area (Å²) in [7, 11) is 0. The van der Waals surface area contributed by atoms with Gasteiger partial charge in [-0.15, -0.1) is 0 Å². The molecule has 0 saturated carbocycles. The molecule has 3 aromatic heterocycles. The van der Waals surface area contributed by atoms with Crippen LogP contribution in [-0.4, -0.2) is 30.2 Å². The van der Waals surface area contributed by atoms with Crippen LogP contribution in [-0.2, 0) is 4.79 Å². The average Bonchev–Trinajstić information content (AvgIpc) is 3.08. The molecule has 0 aliphatic heterocycles. The van der Waals surface area contributed by atoms with E-state index in [1.807, 2.05) is 12.1 Å². The number of benzene rings is 1. The molecule has 1 N–H and O–H groups in total. The Morgan fingerprint density at radius 2 is 1.86 bits per heavy atom. The first-order valence-electron chi connectivity index (χ1n) is 8.75. The summed E-state index contributed by atoms with van der Waals surface area (Å²) in [5.41, 5.74) is 2.49. The van der Waals surface area contributed by atoms with Crippen LogP contribution in [0, 0.1) is 5.92 Å². The number of aliphatic carboxylic acids is 1. The fraction of sp³-hybridized carbons (Fsp3) is 0.200. The highest BCUT2D eigenvalue weighted by atomic mass is 35.5. The number of carboxylic acids is 1. The average molecular weight is 397 g/mol. The van der Waals surface area contributed by atoms with Crippen molar-refractivity contribution in [1.29, 1.82) is 0 Å². The van der Waals surface area contributed by atoms with Gasteiger partial charge in [0.25, 0.3) is 5.56 Å². The molecule has 4 aromatic rings. The predicted molar refractivity (Wildman–Crippen MR) is 107 cm³/mol. The fourth-order valence-electron chi connectivity index (χ4n) is 3.41. The smallest absolute Gasteiger partial charge is 0.327 e. The van der Waals surface area contributed by atoms with Crippen molar-refractivity contribution in [3.05, 3.63) is 64.3 Å². The van der Waals surface area contributed by atoms with Crippen LogP contribution in [0.25, 0.3) is 27.7 Å². The molecule has 0 aliphatic carbocycles. The van der Waals surface area contributed by atoms with Gasteiger partial charge in [-0.25, -0.2) is 14.3 Å². The molecule has 0 spiro atoms. The van der Waals surface area contributed by atoms with Gasteiger partial charge in [0.2, 0.25) is 0 Å². The number of pyridine rings is 1. The Morgan fingerprint density at radius 3 is 2.50 bits per heavy atom. The van der Waals surface area contributed by atoms with E-state index < -0.39 is 17.6 Å². The van der Waals surface area contributed by atoms with Gasteiger partial charge in [-0.2, -0.15) is 5.10 Å². The van der Waals surface area contributed by atoms with E-state index >= 15 is 0 Å². The number of halogens is 1. The first-order valence-corrected chi connectivity index (χ1v) is 9.12. The summed E-state index contributed by atoms with van der Waals surface area (Å²) in [6, 6.07) is 8.08. The molecule has 4 rings (SSSR count). The van der Waals surface area contributed by atoms with E-state index in [9.17, 15) is 14.7 Å². The Kier molecular flexibility index (Phi) is 4.39. The number of aromatic nitrogens is 4. The predicted octanol–water partition coefficient (Wildman–Crippen LogP) is 3.65. The van der Waals surface area contributed by atoms with Gasteiger partial charge < -0.3 is 9.67 Å². The minimum Gasteiger partial charge on any atom is -0.480 e. The first kappa shape index (κ1) is 18.2. The number of carbonyl (C=O) groups is 1. The van der Waals surface area contributed by atoms with Crippen molar-refractivity contribution in [3.8, 4) is 11.1 Å². The van der Waals surface area contributed by atoms with Crippen molar-refractivity contribution in [3.63, 3.8) is 0 Å². The summed E-state index contributed by atoms with van der Waals surface area (Å²) in [4.78, 5) is 29.0. The lowest BCUT2D eigenvalue weighted by atomic mass is 10.0. The van der Waals surface area contributed by atoms with Gasteiger partial charge in [-0.1, -0.05) is 37.6 Å². The van der Waals surface area contributed by atoms with E-state index in [1.54, 1.807) is 42.8 Å². The van der Waals surface area contributed by atoms with Crippen molar-refractivity contribution < 1.29 is 9.90 Å². The van der Waals surface area contributed by atoms with Gasteiger partial charge in [0.1, 0.15) is 6.04 Å². The van der Waals surface area contributed by atoms with Gasteiger partial charge in [-0.05, 0) is 29.7 Å². The molecule has 7 nitrogen and oxygen atoms in total. The highest BCUT2D eigenvalue weighted by Crippen LogP contribution is 2.26. The highest BCUT2D eigenvalue weighted by Gasteiger charge is 2.25. The number of rotatable bonds is 4. The molecular weight excluding hydrogens is 380 g/mol. The lowest BCUT2D eigenvalue weighted by Gasteiger charge is -2.19. The number of hydrogen-bond acceptors (Lipinski definition) is 4. The molecule has 28 heavy (non-hydrogen) atoms. The van der Waals surface area contributed by atoms with Crippen LogP contribution in [0.3, 0.4) is 0 Å². The molecule has 0 amide bonds. The minimum absolute atomic E-state index is 0.245. The summed E-state index contributed by atoms with van der Waals surface area (Å²) in [6.07, 6.45) is 4.67. The number of carboxylic acid groups (broad SMARTS) is 1. The van der Waals surface area contributed by atoms with Crippen LogP contribution in [0.15, 0.2) is 53.7 Å². The maximum atomic E-state index is 12.9. The van der Waals surface area contributed by atoms with Crippen LogP contribution in [0.5, 0.6) is 0 Å². The highest BCUT2D eigenvalue weighted by molar-refractivity contribution is 6.30. The second-order valence-corrected chi connectivity index (χ2v) is 7.35. The van der Waals surface area contributed by atoms with Crippen LogP contribution in [0.4, 0.5) is 0 Å². The van der Waals surface area contributed by atoms with E-state index in [0.717, 1.165) is 11.1 Å². The lowest BCUT2D eigenvalue weighted by molar-refractivity contribution is -0.142. The van der Waals surface area contributed by atoms with E-state index in [1.165, 1.54) is 17.0 Å². The Balaban J connectivity index is 1.93. The van der Waals surface area contributed by atoms with Crippen molar-refractivity contribution in [1.82, 2.24) is 19.2 Å².